The topological polar surface area (TPSA) is 49.3 Å². The van der Waals surface area contributed by atoms with Gasteiger partial charge in [-0.2, -0.15) is 13.2 Å². The van der Waals surface area contributed by atoms with Gasteiger partial charge >= 0.3 is 6.18 Å². The maximum atomic E-state index is 12.6. The van der Waals surface area contributed by atoms with E-state index in [1.54, 1.807) is 10.4 Å². The van der Waals surface area contributed by atoms with E-state index in [2.05, 4.69) is 14.9 Å². The van der Waals surface area contributed by atoms with Gasteiger partial charge < -0.3 is 4.90 Å². The van der Waals surface area contributed by atoms with E-state index in [9.17, 15) is 18.0 Å². The monoisotopic (exact) mass is 376 g/mol. The summed E-state index contributed by atoms with van der Waals surface area (Å²) < 4.78 is 37.8. The van der Waals surface area contributed by atoms with Gasteiger partial charge in [0.25, 0.3) is 5.91 Å². The lowest BCUT2D eigenvalue weighted by Gasteiger charge is -2.20. The van der Waals surface area contributed by atoms with E-state index in [1.807, 2.05) is 5.38 Å². The van der Waals surface area contributed by atoms with Crippen molar-refractivity contribution in [3.63, 3.8) is 0 Å². The van der Waals surface area contributed by atoms with Crippen LogP contribution in [0.2, 0.25) is 0 Å². The second kappa shape index (κ2) is 7.16. The minimum absolute atomic E-state index is 0.125. The van der Waals surface area contributed by atoms with Crippen LogP contribution < -0.4 is 0 Å². The summed E-state index contributed by atoms with van der Waals surface area (Å²) >= 11 is 2.00. The zero-order valence-corrected chi connectivity index (χ0v) is 14.3. The molecule has 0 aliphatic carbocycles. The van der Waals surface area contributed by atoms with Crippen LogP contribution in [0.1, 0.15) is 27.6 Å². The lowest BCUT2D eigenvalue weighted by atomic mass is 10.3. The SMILES string of the molecule is O=C(c1csc(C(F)(F)F)n1)N1CCCN(Cc2cscn2)CC1. The Morgan fingerprint density at radius 3 is 2.71 bits per heavy atom. The molecule has 0 aromatic carbocycles. The Kier molecular flexibility index (Phi) is 5.16. The predicted molar refractivity (Wildman–Crippen MR) is 85.0 cm³/mol. The molecule has 1 saturated heterocycles. The third-order valence-corrected chi connectivity index (χ3v) is 5.23. The molecule has 0 saturated carbocycles. The Balaban J connectivity index is 1.61. The number of rotatable bonds is 3. The van der Waals surface area contributed by atoms with Crippen LogP contribution in [-0.2, 0) is 12.7 Å². The molecule has 1 aliphatic rings. The van der Waals surface area contributed by atoms with E-state index in [0.717, 1.165) is 25.2 Å². The van der Waals surface area contributed by atoms with Crippen molar-refractivity contribution < 1.29 is 18.0 Å². The first-order valence-electron chi connectivity index (χ1n) is 7.35. The van der Waals surface area contributed by atoms with Crippen LogP contribution >= 0.6 is 22.7 Å². The number of hydrogen-bond donors (Lipinski definition) is 0. The molecule has 0 spiro atoms. The van der Waals surface area contributed by atoms with Gasteiger partial charge in [-0.15, -0.1) is 22.7 Å². The Labute approximate surface area is 144 Å². The van der Waals surface area contributed by atoms with E-state index in [-0.39, 0.29) is 5.69 Å². The summed E-state index contributed by atoms with van der Waals surface area (Å²) in [5.41, 5.74) is 2.65. The summed E-state index contributed by atoms with van der Waals surface area (Å²) in [5, 5.41) is 2.19. The van der Waals surface area contributed by atoms with Crippen LogP contribution in [0, 0.1) is 0 Å². The third-order valence-electron chi connectivity index (χ3n) is 3.71. The number of nitrogens with zero attached hydrogens (tertiary/aromatic N) is 4. The molecule has 0 atom stereocenters. The summed E-state index contributed by atoms with van der Waals surface area (Å²) in [6.07, 6.45) is -3.74. The number of amides is 1. The van der Waals surface area contributed by atoms with Crippen molar-refractivity contribution in [1.82, 2.24) is 19.8 Å². The maximum absolute atomic E-state index is 12.6. The molecule has 1 fully saturated rings. The number of aromatic nitrogens is 2. The highest BCUT2D eigenvalue weighted by atomic mass is 32.1. The highest BCUT2D eigenvalue weighted by molar-refractivity contribution is 7.10. The summed E-state index contributed by atoms with van der Waals surface area (Å²) in [7, 11) is 0. The third kappa shape index (κ3) is 4.11. The van der Waals surface area contributed by atoms with Crippen LogP contribution in [0.15, 0.2) is 16.3 Å². The average molecular weight is 376 g/mol. The van der Waals surface area contributed by atoms with Crippen LogP contribution in [-0.4, -0.2) is 51.9 Å². The molecule has 0 N–H and O–H groups in total. The maximum Gasteiger partial charge on any atom is 0.443 e. The van der Waals surface area contributed by atoms with Gasteiger partial charge in [0.1, 0.15) is 5.69 Å². The quantitative estimate of drug-likeness (QED) is 0.826. The van der Waals surface area contributed by atoms with E-state index < -0.39 is 17.1 Å². The predicted octanol–water partition coefficient (Wildman–Crippen LogP) is 2.97. The van der Waals surface area contributed by atoms with Crippen molar-refractivity contribution in [3.8, 4) is 0 Å². The van der Waals surface area contributed by atoms with Crippen LogP contribution in [0.5, 0.6) is 0 Å². The number of carbonyl (C=O) groups excluding carboxylic acids is 1. The standard InChI is InChI=1S/C14H15F3N4OS2/c15-14(16,17)13-19-11(8-24-13)12(22)21-3-1-2-20(4-5-21)6-10-7-23-9-18-10/h7-9H,1-6H2. The molecule has 1 aliphatic heterocycles. The first kappa shape index (κ1) is 17.3. The fourth-order valence-electron chi connectivity index (χ4n) is 2.54. The summed E-state index contributed by atoms with van der Waals surface area (Å²) in [4.78, 5) is 23.9. The first-order chi connectivity index (χ1) is 11.4. The fraction of sp³-hybridized carbons (Fsp3) is 0.500. The molecule has 0 unspecified atom stereocenters. The molecule has 0 radical (unpaired) electrons. The Bertz CT molecular complexity index is 687. The number of hydrogen-bond acceptors (Lipinski definition) is 6. The van der Waals surface area contributed by atoms with Gasteiger partial charge in [0.2, 0.25) is 0 Å². The second-order valence-corrected chi connectivity index (χ2v) is 7.01. The fourth-order valence-corrected chi connectivity index (χ4v) is 3.75. The van der Waals surface area contributed by atoms with Crippen molar-refractivity contribution in [2.24, 2.45) is 0 Å². The van der Waals surface area contributed by atoms with Crippen molar-refractivity contribution in [2.75, 3.05) is 26.2 Å². The second-order valence-electron chi connectivity index (χ2n) is 5.44. The summed E-state index contributed by atoms with van der Waals surface area (Å²) in [6.45, 7) is 3.21. The van der Waals surface area contributed by atoms with E-state index in [4.69, 9.17) is 0 Å². The van der Waals surface area contributed by atoms with Crippen LogP contribution in [0.25, 0.3) is 0 Å². The van der Waals surface area contributed by atoms with Gasteiger partial charge in [-0.1, -0.05) is 0 Å². The number of thiazole rings is 2. The van der Waals surface area contributed by atoms with Gasteiger partial charge in [0.05, 0.1) is 11.2 Å². The van der Waals surface area contributed by atoms with E-state index in [0.29, 0.717) is 31.0 Å². The zero-order chi connectivity index (χ0) is 17.2. The molecule has 5 nitrogen and oxygen atoms in total. The normalized spacial score (nSPS) is 17.0. The van der Waals surface area contributed by atoms with Crippen molar-refractivity contribution >= 4 is 28.6 Å². The van der Waals surface area contributed by atoms with Crippen molar-refractivity contribution in [3.05, 3.63) is 32.7 Å². The molecular formula is C14H15F3N4OS2. The number of alkyl halides is 3. The first-order valence-corrected chi connectivity index (χ1v) is 9.17. The smallest absolute Gasteiger partial charge is 0.336 e. The molecule has 3 rings (SSSR count). The van der Waals surface area contributed by atoms with Crippen LogP contribution in [0.3, 0.4) is 0 Å². The number of halogens is 3. The lowest BCUT2D eigenvalue weighted by Crippen LogP contribution is -2.35. The summed E-state index contributed by atoms with van der Waals surface area (Å²) in [5.74, 6) is -0.433. The van der Waals surface area contributed by atoms with E-state index in [1.165, 1.54) is 16.7 Å². The Hall–Kier alpha value is -1.52. The highest BCUT2D eigenvalue weighted by Crippen LogP contribution is 2.31. The van der Waals surface area contributed by atoms with Crippen LogP contribution in [0.4, 0.5) is 13.2 Å². The molecule has 2 aromatic heterocycles. The average Bonchev–Trinajstić information content (AvgIpc) is 3.15. The van der Waals surface area contributed by atoms with Gasteiger partial charge in [-0.25, -0.2) is 9.97 Å². The molecule has 130 valence electrons. The van der Waals surface area contributed by atoms with Crippen molar-refractivity contribution in [1.29, 1.82) is 0 Å². The Morgan fingerprint density at radius 2 is 2.04 bits per heavy atom. The number of carbonyl (C=O) groups is 1. The molecule has 2 aromatic rings. The van der Waals surface area contributed by atoms with Gasteiger partial charge in [0, 0.05) is 43.5 Å². The van der Waals surface area contributed by atoms with Crippen molar-refractivity contribution in [2.45, 2.75) is 19.1 Å². The Morgan fingerprint density at radius 1 is 1.21 bits per heavy atom. The molecule has 10 heteroatoms. The molecule has 0 bridgehead atoms. The van der Waals surface area contributed by atoms with E-state index >= 15 is 0 Å². The molecular weight excluding hydrogens is 361 g/mol. The zero-order valence-electron chi connectivity index (χ0n) is 12.6. The largest absolute Gasteiger partial charge is 0.443 e. The van der Waals surface area contributed by atoms with Gasteiger partial charge in [-0.3, -0.25) is 9.69 Å². The molecule has 3 heterocycles. The molecule has 1 amide bonds. The lowest BCUT2D eigenvalue weighted by molar-refractivity contribution is -0.137. The minimum Gasteiger partial charge on any atom is -0.336 e. The van der Waals surface area contributed by atoms with Gasteiger partial charge in [-0.05, 0) is 6.42 Å². The molecule has 24 heavy (non-hydrogen) atoms. The summed E-state index contributed by atoms with van der Waals surface area (Å²) in [6, 6.07) is 0. The van der Waals surface area contributed by atoms with Gasteiger partial charge in [0.15, 0.2) is 5.01 Å². The highest BCUT2D eigenvalue weighted by Gasteiger charge is 2.35. The minimum atomic E-state index is -4.51.